The maximum atomic E-state index is 11.5. The molecule has 2 aliphatic rings. The van der Waals surface area contributed by atoms with Gasteiger partial charge < -0.3 is 4.90 Å². The van der Waals surface area contributed by atoms with Crippen LogP contribution in [0.3, 0.4) is 0 Å². The number of amides is 1. The summed E-state index contributed by atoms with van der Waals surface area (Å²) in [5.74, 6) is 0.254. The first-order valence-electron chi connectivity index (χ1n) is 4.18. The summed E-state index contributed by atoms with van der Waals surface area (Å²) in [6.45, 7) is 4.11. The predicted molar refractivity (Wildman–Crippen MR) is 50.3 cm³/mol. The fraction of sp³-hybridized carbons (Fsp3) is 0.750. The lowest BCUT2D eigenvalue weighted by Gasteiger charge is -2.26. The van der Waals surface area contributed by atoms with Crippen molar-refractivity contribution in [2.24, 2.45) is 4.99 Å². The lowest BCUT2D eigenvalue weighted by Crippen LogP contribution is -2.38. The third-order valence-electron chi connectivity index (χ3n) is 2.28. The maximum absolute atomic E-state index is 11.5. The molecule has 0 N–H and O–H groups in total. The largest absolute Gasteiger partial charge is 0.326 e. The monoisotopic (exact) mass is 184 g/mol. The molecule has 2 unspecified atom stereocenters. The van der Waals surface area contributed by atoms with Gasteiger partial charge in [0.25, 0.3) is 0 Å². The number of aliphatic imine (C=N–C) groups is 1. The first kappa shape index (κ1) is 8.10. The second kappa shape index (κ2) is 2.76. The van der Waals surface area contributed by atoms with Crippen molar-refractivity contribution in [3.8, 4) is 0 Å². The molecule has 0 aromatic carbocycles. The summed E-state index contributed by atoms with van der Waals surface area (Å²) in [4.78, 5) is 17.7. The zero-order valence-corrected chi connectivity index (χ0v) is 8.04. The fourth-order valence-electron chi connectivity index (χ4n) is 1.75. The van der Waals surface area contributed by atoms with Gasteiger partial charge in [-0.2, -0.15) is 0 Å². The summed E-state index contributed by atoms with van der Waals surface area (Å²) in [5, 5.41) is 0.289. The summed E-state index contributed by atoms with van der Waals surface area (Å²) in [6, 6.07) is 0.534. The van der Waals surface area contributed by atoms with Crippen molar-refractivity contribution in [3.63, 3.8) is 0 Å². The number of hydrogen-bond donors (Lipinski definition) is 0. The molecular formula is C8H12N2OS. The Morgan fingerprint density at radius 2 is 2.50 bits per heavy atom. The van der Waals surface area contributed by atoms with E-state index in [0.717, 1.165) is 0 Å². The van der Waals surface area contributed by atoms with Crippen molar-refractivity contribution in [2.45, 2.75) is 37.7 Å². The topological polar surface area (TPSA) is 32.7 Å². The molecule has 0 aliphatic carbocycles. The van der Waals surface area contributed by atoms with Crippen LogP contribution in [0.5, 0.6) is 0 Å². The number of hydrogen-bond acceptors (Lipinski definition) is 3. The fourth-order valence-corrected chi connectivity index (χ4v) is 2.94. The van der Waals surface area contributed by atoms with Crippen molar-refractivity contribution in [3.05, 3.63) is 0 Å². The number of carbonyl (C=O) groups is 1. The number of rotatable bonds is 1. The third-order valence-corrected chi connectivity index (χ3v) is 3.35. The molecule has 0 saturated carbocycles. The van der Waals surface area contributed by atoms with E-state index in [-0.39, 0.29) is 17.3 Å². The standard InChI is InChI=1S/C8H12N2OS/c1-5(2)10-7(11)3-6-8(10)12-4-9-6/h4-6,8H,3H2,1-2H3. The first-order chi connectivity index (χ1) is 5.70. The average molecular weight is 184 g/mol. The Kier molecular flexibility index (Phi) is 1.87. The smallest absolute Gasteiger partial charge is 0.226 e. The minimum Gasteiger partial charge on any atom is -0.326 e. The van der Waals surface area contributed by atoms with E-state index in [1.807, 2.05) is 10.4 Å². The van der Waals surface area contributed by atoms with Gasteiger partial charge in [0, 0.05) is 6.04 Å². The molecule has 3 nitrogen and oxygen atoms in total. The highest BCUT2D eigenvalue weighted by Gasteiger charge is 2.42. The summed E-state index contributed by atoms with van der Waals surface area (Å²) < 4.78 is 0. The Morgan fingerprint density at radius 3 is 3.17 bits per heavy atom. The van der Waals surface area contributed by atoms with Crippen LogP contribution in [-0.2, 0) is 4.79 Å². The van der Waals surface area contributed by atoms with E-state index in [1.54, 1.807) is 11.8 Å². The van der Waals surface area contributed by atoms with Crippen LogP contribution < -0.4 is 0 Å². The Labute approximate surface area is 76.2 Å². The number of fused-ring (bicyclic) bond motifs is 1. The van der Waals surface area contributed by atoms with Gasteiger partial charge >= 0.3 is 0 Å². The van der Waals surface area contributed by atoms with Gasteiger partial charge in [0.15, 0.2) is 0 Å². The van der Waals surface area contributed by atoms with Gasteiger partial charge in [-0.1, -0.05) is 11.8 Å². The Hall–Kier alpha value is -0.510. The summed E-state index contributed by atoms with van der Waals surface area (Å²) in [7, 11) is 0. The van der Waals surface area contributed by atoms with Gasteiger partial charge in [-0.05, 0) is 13.8 Å². The van der Waals surface area contributed by atoms with Gasteiger partial charge in [-0.25, -0.2) is 0 Å². The Morgan fingerprint density at radius 1 is 1.75 bits per heavy atom. The Balaban J connectivity index is 2.19. The summed E-state index contributed by atoms with van der Waals surface area (Å²) in [5.41, 5.74) is 1.87. The molecule has 1 amide bonds. The average Bonchev–Trinajstić information content (AvgIpc) is 2.44. The summed E-state index contributed by atoms with van der Waals surface area (Å²) >= 11 is 1.67. The van der Waals surface area contributed by atoms with Gasteiger partial charge in [0.2, 0.25) is 5.91 Å². The van der Waals surface area contributed by atoms with E-state index in [2.05, 4.69) is 18.8 Å². The number of likely N-dealkylation sites (tertiary alicyclic amines) is 1. The molecule has 1 saturated heterocycles. The van der Waals surface area contributed by atoms with Crippen LogP contribution in [0.2, 0.25) is 0 Å². The lowest BCUT2D eigenvalue weighted by molar-refractivity contribution is -0.129. The van der Waals surface area contributed by atoms with Crippen LogP contribution in [0, 0.1) is 0 Å². The van der Waals surface area contributed by atoms with Crippen LogP contribution in [0.25, 0.3) is 0 Å². The predicted octanol–water partition coefficient (Wildman–Crippen LogP) is 1.10. The molecule has 2 heterocycles. The molecule has 12 heavy (non-hydrogen) atoms. The van der Waals surface area contributed by atoms with Gasteiger partial charge in [-0.15, -0.1) is 0 Å². The molecule has 0 spiro atoms. The molecule has 2 rings (SSSR count). The van der Waals surface area contributed by atoms with E-state index < -0.39 is 0 Å². The number of thioether (sulfide) groups is 1. The molecule has 0 bridgehead atoms. The molecule has 1 fully saturated rings. The van der Waals surface area contributed by atoms with E-state index in [1.165, 1.54) is 0 Å². The van der Waals surface area contributed by atoms with Crippen molar-refractivity contribution in [1.29, 1.82) is 0 Å². The second-order valence-corrected chi connectivity index (χ2v) is 4.41. The van der Waals surface area contributed by atoms with Gasteiger partial charge in [-0.3, -0.25) is 9.79 Å². The minimum absolute atomic E-state index is 0.227. The highest BCUT2D eigenvalue weighted by Crippen LogP contribution is 2.35. The first-order valence-corrected chi connectivity index (χ1v) is 5.12. The Bertz CT molecular complexity index is 239. The highest BCUT2D eigenvalue weighted by molar-refractivity contribution is 8.12. The zero-order chi connectivity index (χ0) is 8.72. The van der Waals surface area contributed by atoms with E-state index in [9.17, 15) is 4.79 Å². The van der Waals surface area contributed by atoms with E-state index in [0.29, 0.717) is 12.5 Å². The molecule has 4 heteroatoms. The maximum Gasteiger partial charge on any atom is 0.226 e. The van der Waals surface area contributed by atoms with Crippen LogP contribution in [0.15, 0.2) is 4.99 Å². The van der Waals surface area contributed by atoms with Crippen LogP contribution >= 0.6 is 11.8 Å². The van der Waals surface area contributed by atoms with E-state index >= 15 is 0 Å². The summed E-state index contributed by atoms with van der Waals surface area (Å²) in [6.07, 6.45) is 0.604. The van der Waals surface area contributed by atoms with Crippen LogP contribution in [0.4, 0.5) is 0 Å². The second-order valence-electron chi connectivity index (χ2n) is 3.45. The molecular weight excluding hydrogens is 172 g/mol. The third kappa shape index (κ3) is 1.05. The lowest BCUT2D eigenvalue weighted by atomic mass is 10.3. The highest BCUT2D eigenvalue weighted by atomic mass is 32.2. The molecule has 2 aliphatic heterocycles. The molecule has 66 valence electrons. The van der Waals surface area contributed by atoms with Crippen LogP contribution in [0.1, 0.15) is 20.3 Å². The molecule has 2 atom stereocenters. The quantitative estimate of drug-likeness (QED) is 0.611. The SMILES string of the molecule is CC(C)N1C(=O)CC2N=CSC21. The van der Waals surface area contributed by atoms with E-state index in [4.69, 9.17) is 0 Å². The van der Waals surface area contributed by atoms with Gasteiger partial charge in [0.05, 0.1) is 18.0 Å². The molecule has 0 radical (unpaired) electrons. The van der Waals surface area contributed by atoms with Crippen molar-refractivity contribution >= 4 is 23.2 Å². The zero-order valence-electron chi connectivity index (χ0n) is 7.23. The van der Waals surface area contributed by atoms with Crippen molar-refractivity contribution in [2.75, 3.05) is 0 Å². The van der Waals surface area contributed by atoms with Crippen molar-refractivity contribution < 1.29 is 4.79 Å². The minimum atomic E-state index is 0.227. The normalized spacial score (nSPS) is 33.6. The van der Waals surface area contributed by atoms with Crippen molar-refractivity contribution in [1.82, 2.24) is 4.90 Å². The van der Waals surface area contributed by atoms with Crippen LogP contribution in [-0.4, -0.2) is 33.8 Å². The van der Waals surface area contributed by atoms with Gasteiger partial charge in [0.1, 0.15) is 5.37 Å². The molecule has 0 aromatic heterocycles. The number of nitrogens with zero attached hydrogens (tertiary/aromatic N) is 2. The molecule has 0 aromatic rings. The number of carbonyl (C=O) groups excluding carboxylic acids is 1.